The van der Waals surface area contributed by atoms with Gasteiger partial charge in [0.15, 0.2) is 23.2 Å². The van der Waals surface area contributed by atoms with Crippen LogP contribution in [0.4, 0.5) is 5.82 Å². The minimum atomic E-state index is -1.21. The number of ether oxygens (including phenoxy) is 1. The monoisotopic (exact) mass is 355 g/mol. The zero-order chi connectivity index (χ0) is 17.4. The SMILES string of the molecule is CC(Cl)=C(C)Nc1ncnc2c1ncn2[C@@H]1O[C@H](CO)C(O)C1O. The molecule has 1 fully saturated rings. The normalized spacial score (nSPS) is 28.2. The van der Waals surface area contributed by atoms with Crippen LogP contribution in [0.15, 0.2) is 23.4 Å². The molecule has 1 saturated heterocycles. The molecule has 0 aliphatic carbocycles. The van der Waals surface area contributed by atoms with E-state index in [0.29, 0.717) is 22.0 Å². The third-order valence-electron chi connectivity index (χ3n) is 3.97. The molecule has 0 aromatic carbocycles. The number of aromatic nitrogens is 4. The third-order valence-corrected chi connectivity index (χ3v) is 4.26. The van der Waals surface area contributed by atoms with Crippen LogP contribution in [0.25, 0.3) is 11.2 Å². The number of imidazole rings is 1. The van der Waals surface area contributed by atoms with Gasteiger partial charge in [-0.05, 0) is 13.8 Å². The summed E-state index contributed by atoms with van der Waals surface area (Å²) < 4.78 is 7.01. The zero-order valence-electron chi connectivity index (χ0n) is 13.1. The number of nitrogens with one attached hydrogen (secondary N) is 1. The fourth-order valence-electron chi connectivity index (χ4n) is 2.50. The molecule has 3 rings (SSSR count). The maximum atomic E-state index is 10.2. The first-order chi connectivity index (χ1) is 11.4. The van der Waals surface area contributed by atoms with Crippen molar-refractivity contribution < 1.29 is 20.1 Å². The molecule has 0 radical (unpaired) electrons. The summed E-state index contributed by atoms with van der Waals surface area (Å²) in [5.41, 5.74) is 1.61. The van der Waals surface area contributed by atoms with E-state index in [9.17, 15) is 15.3 Å². The van der Waals surface area contributed by atoms with Crippen molar-refractivity contribution >= 4 is 28.6 Å². The van der Waals surface area contributed by atoms with Crippen molar-refractivity contribution in [2.75, 3.05) is 11.9 Å². The quantitative estimate of drug-likeness (QED) is 0.618. The number of rotatable bonds is 4. The van der Waals surface area contributed by atoms with Gasteiger partial charge in [-0.25, -0.2) is 15.0 Å². The molecular weight excluding hydrogens is 338 g/mol. The summed E-state index contributed by atoms with van der Waals surface area (Å²) in [5.74, 6) is 0.461. The van der Waals surface area contributed by atoms with Crippen LogP contribution in [0.3, 0.4) is 0 Å². The van der Waals surface area contributed by atoms with Crippen LogP contribution in [0.5, 0.6) is 0 Å². The molecule has 1 aliphatic heterocycles. The summed E-state index contributed by atoms with van der Waals surface area (Å²) in [6, 6.07) is 0. The lowest BCUT2D eigenvalue weighted by Gasteiger charge is -2.16. The number of anilines is 1. The lowest BCUT2D eigenvalue weighted by molar-refractivity contribution is -0.0511. The zero-order valence-corrected chi connectivity index (χ0v) is 13.8. The number of nitrogens with zero attached hydrogens (tertiary/aromatic N) is 4. The van der Waals surface area contributed by atoms with Gasteiger partial charge in [-0.15, -0.1) is 0 Å². The van der Waals surface area contributed by atoms with Gasteiger partial charge in [0.1, 0.15) is 24.6 Å². The Morgan fingerprint density at radius 2 is 2.04 bits per heavy atom. The molecule has 10 heteroatoms. The first-order valence-electron chi connectivity index (χ1n) is 7.34. The Kier molecular flexibility index (Phi) is 4.70. The molecule has 9 nitrogen and oxygen atoms in total. The topological polar surface area (TPSA) is 126 Å². The highest BCUT2D eigenvalue weighted by Crippen LogP contribution is 2.32. The van der Waals surface area contributed by atoms with Crippen molar-refractivity contribution in [3.05, 3.63) is 23.4 Å². The fraction of sp³-hybridized carbons (Fsp3) is 0.500. The second kappa shape index (κ2) is 6.61. The lowest BCUT2D eigenvalue weighted by Crippen LogP contribution is -2.33. The van der Waals surface area contributed by atoms with Gasteiger partial charge in [0.05, 0.1) is 12.9 Å². The number of aliphatic hydroxyl groups excluding tert-OH is 3. The molecule has 2 aromatic heterocycles. The van der Waals surface area contributed by atoms with Crippen molar-refractivity contribution in [1.82, 2.24) is 19.5 Å². The summed E-state index contributed by atoms with van der Waals surface area (Å²) in [7, 11) is 0. The van der Waals surface area contributed by atoms with E-state index in [1.807, 2.05) is 0 Å². The van der Waals surface area contributed by atoms with E-state index in [1.165, 1.54) is 17.2 Å². The third kappa shape index (κ3) is 2.85. The van der Waals surface area contributed by atoms with E-state index >= 15 is 0 Å². The van der Waals surface area contributed by atoms with Crippen molar-refractivity contribution in [2.45, 2.75) is 38.4 Å². The van der Waals surface area contributed by atoms with Gasteiger partial charge in [0.25, 0.3) is 0 Å². The highest BCUT2D eigenvalue weighted by Gasteiger charge is 2.44. The Balaban J connectivity index is 1.99. The van der Waals surface area contributed by atoms with Crippen LogP contribution in [0.2, 0.25) is 0 Å². The van der Waals surface area contributed by atoms with E-state index in [1.54, 1.807) is 13.8 Å². The van der Waals surface area contributed by atoms with E-state index in [2.05, 4.69) is 20.3 Å². The number of allylic oxidation sites excluding steroid dienone is 2. The van der Waals surface area contributed by atoms with Gasteiger partial charge in [-0.3, -0.25) is 4.57 Å². The molecule has 130 valence electrons. The van der Waals surface area contributed by atoms with Gasteiger partial charge >= 0.3 is 0 Å². The summed E-state index contributed by atoms with van der Waals surface area (Å²) in [6.45, 7) is 3.15. The smallest absolute Gasteiger partial charge is 0.167 e. The number of halogens is 1. The molecular formula is C14H18ClN5O4. The van der Waals surface area contributed by atoms with E-state index in [0.717, 1.165) is 5.70 Å². The van der Waals surface area contributed by atoms with Gasteiger partial charge in [-0.2, -0.15) is 0 Å². The number of aliphatic hydroxyl groups is 3. The molecule has 0 bridgehead atoms. The van der Waals surface area contributed by atoms with Crippen molar-refractivity contribution in [3.63, 3.8) is 0 Å². The number of fused-ring (bicyclic) bond motifs is 1. The van der Waals surface area contributed by atoms with E-state index in [4.69, 9.17) is 16.3 Å². The Hall–Kier alpha value is -1.78. The maximum absolute atomic E-state index is 10.2. The minimum Gasteiger partial charge on any atom is -0.394 e. The number of hydrogen-bond donors (Lipinski definition) is 4. The summed E-state index contributed by atoms with van der Waals surface area (Å²) in [4.78, 5) is 12.6. The largest absolute Gasteiger partial charge is 0.394 e. The average molecular weight is 356 g/mol. The van der Waals surface area contributed by atoms with Gasteiger partial charge in [-0.1, -0.05) is 11.6 Å². The Morgan fingerprint density at radius 1 is 1.29 bits per heavy atom. The second-order valence-electron chi connectivity index (χ2n) is 5.56. The predicted molar refractivity (Wildman–Crippen MR) is 86.2 cm³/mol. The summed E-state index contributed by atoms with van der Waals surface area (Å²) in [5, 5.41) is 32.9. The maximum Gasteiger partial charge on any atom is 0.167 e. The molecule has 4 N–H and O–H groups in total. The first-order valence-corrected chi connectivity index (χ1v) is 7.71. The molecule has 3 heterocycles. The highest BCUT2D eigenvalue weighted by molar-refractivity contribution is 6.29. The lowest BCUT2D eigenvalue weighted by atomic mass is 10.1. The molecule has 4 atom stereocenters. The minimum absolute atomic E-state index is 0.401. The van der Waals surface area contributed by atoms with Gasteiger partial charge < -0.3 is 25.4 Å². The standard InChI is InChI=1S/C14H18ClN5O4/c1-6(15)7(2)19-12-9-13(17-4-16-12)20(5-18-9)14-11(23)10(22)8(3-21)24-14/h4-5,8,10-11,14,21-23H,3H2,1-2H3,(H,16,17,19)/t8-,10?,11?,14-/m1/s1. The van der Waals surface area contributed by atoms with Crippen molar-refractivity contribution in [1.29, 1.82) is 0 Å². The second-order valence-corrected chi connectivity index (χ2v) is 6.13. The molecule has 0 spiro atoms. The van der Waals surface area contributed by atoms with Crippen LogP contribution in [-0.4, -0.2) is 59.8 Å². The summed E-state index contributed by atoms with van der Waals surface area (Å²) >= 11 is 5.95. The van der Waals surface area contributed by atoms with Crippen LogP contribution in [0, 0.1) is 0 Å². The molecule has 2 aromatic rings. The van der Waals surface area contributed by atoms with Gasteiger partial charge in [0, 0.05) is 10.7 Å². The van der Waals surface area contributed by atoms with Crippen LogP contribution < -0.4 is 5.32 Å². The predicted octanol–water partition coefficient (Wildman–Crippen LogP) is 0.340. The number of hydrogen-bond acceptors (Lipinski definition) is 8. The van der Waals surface area contributed by atoms with Gasteiger partial charge in [0.2, 0.25) is 0 Å². The van der Waals surface area contributed by atoms with E-state index < -0.39 is 31.1 Å². The molecule has 0 saturated carbocycles. The van der Waals surface area contributed by atoms with Crippen LogP contribution in [-0.2, 0) is 4.74 Å². The fourth-order valence-corrected chi connectivity index (χ4v) is 2.55. The average Bonchev–Trinajstić information content (AvgIpc) is 3.10. The van der Waals surface area contributed by atoms with Crippen molar-refractivity contribution in [2.24, 2.45) is 0 Å². The van der Waals surface area contributed by atoms with E-state index in [-0.39, 0.29) is 0 Å². The molecule has 0 amide bonds. The van der Waals surface area contributed by atoms with Crippen molar-refractivity contribution in [3.8, 4) is 0 Å². The Bertz CT molecular complexity index is 776. The Morgan fingerprint density at radius 3 is 2.67 bits per heavy atom. The van der Waals surface area contributed by atoms with Crippen LogP contribution >= 0.6 is 11.6 Å². The molecule has 24 heavy (non-hydrogen) atoms. The molecule has 2 unspecified atom stereocenters. The molecule has 1 aliphatic rings. The Labute approximate surface area is 142 Å². The first kappa shape index (κ1) is 17.1. The van der Waals surface area contributed by atoms with Crippen LogP contribution in [0.1, 0.15) is 20.1 Å². The highest BCUT2D eigenvalue weighted by atomic mass is 35.5. The summed E-state index contributed by atoms with van der Waals surface area (Å²) in [6.07, 6.45) is -1.39.